The van der Waals surface area contributed by atoms with Crippen molar-refractivity contribution in [2.75, 3.05) is 0 Å². The highest BCUT2D eigenvalue weighted by molar-refractivity contribution is 6.22. The SMILES string of the molecule is C=C(C)c1cccc(-c2c3ccccc3c(-c3ccccc3-c3ccccc3)c3ccccc23)c1. The summed E-state index contributed by atoms with van der Waals surface area (Å²) in [7, 11) is 0. The van der Waals surface area contributed by atoms with Crippen molar-refractivity contribution in [3.63, 3.8) is 0 Å². The molecule has 6 aromatic carbocycles. The van der Waals surface area contributed by atoms with Crippen molar-refractivity contribution in [3.05, 3.63) is 140 Å². The Kier molecular flexibility index (Phi) is 5.28. The zero-order valence-corrected chi connectivity index (χ0v) is 19.8. The highest BCUT2D eigenvalue weighted by atomic mass is 14.2. The van der Waals surface area contributed by atoms with Gasteiger partial charge >= 0.3 is 0 Å². The van der Waals surface area contributed by atoms with Crippen molar-refractivity contribution in [3.8, 4) is 33.4 Å². The van der Waals surface area contributed by atoms with E-state index in [0.29, 0.717) is 0 Å². The maximum Gasteiger partial charge on any atom is -0.00201 e. The molecule has 0 spiro atoms. The number of benzene rings is 6. The number of hydrogen-bond donors (Lipinski definition) is 0. The summed E-state index contributed by atoms with van der Waals surface area (Å²) in [6, 6.07) is 45.9. The fraction of sp³-hybridized carbons (Fsp3) is 0.0286. The van der Waals surface area contributed by atoms with E-state index in [2.05, 4.69) is 141 Å². The van der Waals surface area contributed by atoms with Crippen LogP contribution < -0.4 is 0 Å². The van der Waals surface area contributed by atoms with Crippen LogP contribution in [0.2, 0.25) is 0 Å². The Morgan fingerprint density at radius 3 is 1.54 bits per heavy atom. The fourth-order valence-electron chi connectivity index (χ4n) is 5.24. The van der Waals surface area contributed by atoms with Crippen molar-refractivity contribution >= 4 is 27.1 Å². The van der Waals surface area contributed by atoms with E-state index in [1.165, 1.54) is 60.5 Å². The Morgan fingerprint density at radius 2 is 0.943 bits per heavy atom. The zero-order chi connectivity index (χ0) is 23.8. The van der Waals surface area contributed by atoms with Crippen molar-refractivity contribution in [1.29, 1.82) is 0 Å². The van der Waals surface area contributed by atoms with E-state index in [-0.39, 0.29) is 0 Å². The van der Waals surface area contributed by atoms with E-state index in [1.54, 1.807) is 0 Å². The summed E-state index contributed by atoms with van der Waals surface area (Å²) in [5, 5.41) is 5.07. The molecule has 0 aliphatic carbocycles. The third-order valence-corrected chi connectivity index (χ3v) is 6.86. The summed E-state index contributed by atoms with van der Waals surface area (Å²) in [4.78, 5) is 0. The predicted molar refractivity (Wildman–Crippen MR) is 152 cm³/mol. The van der Waals surface area contributed by atoms with Crippen LogP contribution in [-0.4, -0.2) is 0 Å². The summed E-state index contributed by atoms with van der Waals surface area (Å²) >= 11 is 0. The summed E-state index contributed by atoms with van der Waals surface area (Å²) in [5.41, 5.74) is 9.78. The number of allylic oxidation sites excluding steroid dienone is 1. The maximum absolute atomic E-state index is 4.18. The average molecular weight is 447 g/mol. The lowest BCUT2D eigenvalue weighted by Crippen LogP contribution is -1.93. The Balaban J connectivity index is 1.75. The molecule has 0 aromatic heterocycles. The largest absolute Gasteiger partial charge is 0.0955 e. The molecule has 166 valence electrons. The smallest absolute Gasteiger partial charge is 0.00201 e. The lowest BCUT2D eigenvalue weighted by Gasteiger charge is -2.20. The number of hydrogen-bond acceptors (Lipinski definition) is 0. The van der Waals surface area contributed by atoms with Gasteiger partial charge < -0.3 is 0 Å². The molecule has 0 heterocycles. The van der Waals surface area contributed by atoms with Crippen LogP contribution in [0.1, 0.15) is 12.5 Å². The summed E-state index contributed by atoms with van der Waals surface area (Å²) < 4.78 is 0. The van der Waals surface area contributed by atoms with Crippen molar-refractivity contribution in [1.82, 2.24) is 0 Å². The normalized spacial score (nSPS) is 11.1. The van der Waals surface area contributed by atoms with E-state index in [4.69, 9.17) is 0 Å². The second kappa shape index (κ2) is 8.74. The standard InChI is InChI=1S/C35H26/c1-24(2)26-15-12-16-27(23-26)34-30-19-8-10-21-32(30)35(33-22-11-9-20-31(33)34)29-18-7-6-17-28(29)25-13-4-3-5-14-25/h3-23H,1H2,2H3. The third-order valence-electron chi connectivity index (χ3n) is 6.86. The van der Waals surface area contributed by atoms with Crippen molar-refractivity contribution in [2.24, 2.45) is 0 Å². The first-order valence-corrected chi connectivity index (χ1v) is 12.1. The lowest BCUT2D eigenvalue weighted by atomic mass is 9.83. The minimum absolute atomic E-state index is 1.08. The van der Waals surface area contributed by atoms with E-state index in [1.807, 2.05) is 0 Å². The molecular formula is C35H26. The molecule has 6 rings (SSSR count). The van der Waals surface area contributed by atoms with Gasteiger partial charge in [0, 0.05) is 0 Å². The van der Waals surface area contributed by atoms with Gasteiger partial charge in [0.05, 0.1) is 0 Å². The number of rotatable bonds is 4. The van der Waals surface area contributed by atoms with Crippen molar-refractivity contribution in [2.45, 2.75) is 6.92 Å². The summed E-state index contributed by atoms with van der Waals surface area (Å²) in [6.07, 6.45) is 0. The Labute approximate surface area is 206 Å². The quantitative estimate of drug-likeness (QED) is 0.236. The predicted octanol–water partition coefficient (Wildman–Crippen LogP) is 10.0. The highest BCUT2D eigenvalue weighted by Crippen LogP contribution is 2.46. The van der Waals surface area contributed by atoms with E-state index >= 15 is 0 Å². The first kappa shape index (κ1) is 21.1. The highest BCUT2D eigenvalue weighted by Gasteiger charge is 2.18. The van der Waals surface area contributed by atoms with Gasteiger partial charge in [-0.25, -0.2) is 0 Å². The van der Waals surface area contributed by atoms with Crippen LogP contribution in [0.15, 0.2) is 134 Å². The van der Waals surface area contributed by atoms with Gasteiger partial charge in [0.2, 0.25) is 0 Å². The third kappa shape index (κ3) is 3.64. The molecule has 0 aliphatic heterocycles. The van der Waals surface area contributed by atoms with Gasteiger partial charge in [-0.1, -0.05) is 133 Å². The van der Waals surface area contributed by atoms with Crippen LogP contribution in [0, 0.1) is 0 Å². The van der Waals surface area contributed by atoms with E-state index in [0.717, 1.165) is 5.57 Å². The molecule has 0 atom stereocenters. The molecule has 0 nitrogen and oxygen atoms in total. The van der Waals surface area contributed by atoms with Gasteiger partial charge in [0.15, 0.2) is 0 Å². The topological polar surface area (TPSA) is 0 Å². The van der Waals surface area contributed by atoms with Crippen LogP contribution in [0.25, 0.3) is 60.5 Å². The molecule has 0 aliphatic rings. The first-order chi connectivity index (χ1) is 17.2. The van der Waals surface area contributed by atoms with Gasteiger partial charge in [0.1, 0.15) is 0 Å². The molecule has 0 heteroatoms. The Morgan fingerprint density at radius 1 is 0.457 bits per heavy atom. The molecule has 0 N–H and O–H groups in total. The van der Waals surface area contributed by atoms with Gasteiger partial charge in [0.25, 0.3) is 0 Å². The Hall–Kier alpha value is -4.42. The van der Waals surface area contributed by atoms with Gasteiger partial charge in [-0.05, 0) is 73.5 Å². The van der Waals surface area contributed by atoms with Gasteiger partial charge in [-0.3, -0.25) is 0 Å². The Bertz CT molecular complexity index is 1650. The van der Waals surface area contributed by atoms with E-state index in [9.17, 15) is 0 Å². The summed E-state index contributed by atoms with van der Waals surface area (Å²) in [6.45, 7) is 6.25. The number of fused-ring (bicyclic) bond motifs is 2. The average Bonchev–Trinajstić information content (AvgIpc) is 2.92. The molecule has 0 fully saturated rings. The van der Waals surface area contributed by atoms with Crippen LogP contribution in [0.3, 0.4) is 0 Å². The molecule has 0 amide bonds. The van der Waals surface area contributed by atoms with Crippen LogP contribution in [0.5, 0.6) is 0 Å². The molecule has 0 saturated heterocycles. The molecular weight excluding hydrogens is 420 g/mol. The fourth-order valence-corrected chi connectivity index (χ4v) is 5.24. The van der Waals surface area contributed by atoms with Crippen molar-refractivity contribution < 1.29 is 0 Å². The first-order valence-electron chi connectivity index (χ1n) is 12.1. The molecule has 0 saturated carbocycles. The second-order valence-electron chi connectivity index (χ2n) is 9.11. The lowest BCUT2D eigenvalue weighted by molar-refractivity contribution is 1.57. The molecule has 0 unspecified atom stereocenters. The molecule has 35 heavy (non-hydrogen) atoms. The molecule has 0 radical (unpaired) electrons. The second-order valence-corrected chi connectivity index (χ2v) is 9.11. The van der Waals surface area contributed by atoms with Gasteiger partial charge in [-0.15, -0.1) is 0 Å². The van der Waals surface area contributed by atoms with Crippen LogP contribution in [-0.2, 0) is 0 Å². The minimum Gasteiger partial charge on any atom is -0.0955 e. The maximum atomic E-state index is 4.18. The van der Waals surface area contributed by atoms with E-state index < -0.39 is 0 Å². The van der Waals surface area contributed by atoms with Crippen LogP contribution >= 0.6 is 0 Å². The minimum atomic E-state index is 1.08. The molecule has 6 aromatic rings. The molecule has 0 bridgehead atoms. The summed E-state index contributed by atoms with van der Waals surface area (Å²) in [5.74, 6) is 0. The van der Waals surface area contributed by atoms with Crippen LogP contribution in [0.4, 0.5) is 0 Å². The zero-order valence-electron chi connectivity index (χ0n) is 19.8. The monoisotopic (exact) mass is 446 g/mol. The van der Waals surface area contributed by atoms with Gasteiger partial charge in [-0.2, -0.15) is 0 Å².